The molecule has 0 fully saturated rings. The molecular weight excluding hydrogens is 140 g/mol. The molecule has 0 aliphatic carbocycles. The number of ether oxygens (including phenoxy) is 1. The Bertz CT molecular complexity index is 253. The number of methoxy groups -OCH3 is 1. The van der Waals surface area contributed by atoms with Gasteiger partial charge in [-0.25, -0.2) is 0 Å². The maximum atomic E-state index is 9.23. The standard InChI is InChI=1S/C9H10O2/c1-11-7-6-8-4-2-3-5-9(8)10/h2-7,10H,1H3/b7-6-. The van der Waals surface area contributed by atoms with Gasteiger partial charge in [0.05, 0.1) is 13.4 Å². The quantitative estimate of drug-likeness (QED) is 0.653. The summed E-state index contributed by atoms with van der Waals surface area (Å²) in [5.74, 6) is 0.265. The van der Waals surface area contributed by atoms with Crippen LogP contribution in [-0.2, 0) is 4.74 Å². The highest BCUT2D eigenvalue weighted by atomic mass is 16.5. The summed E-state index contributed by atoms with van der Waals surface area (Å²) in [6.07, 6.45) is 3.23. The van der Waals surface area contributed by atoms with Crippen LogP contribution in [0.4, 0.5) is 0 Å². The predicted octanol–water partition coefficient (Wildman–Crippen LogP) is 2.01. The number of rotatable bonds is 2. The van der Waals surface area contributed by atoms with Gasteiger partial charge in [-0.2, -0.15) is 0 Å². The van der Waals surface area contributed by atoms with Crippen LogP contribution in [-0.4, -0.2) is 12.2 Å². The summed E-state index contributed by atoms with van der Waals surface area (Å²) in [5.41, 5.74) is 0.759. The molecule has 1 rings (SSSR count). The van der Waals surface area contributed by atoms with Gasteiger partial charge in [-0.3, -0.25) is 0 Å². The molecule has 0 spiro atoms. The highest BCUT2D eigenvalue weighted by Crippen LogP contribution is 2.16. The van der Waals surface area contributed by atoms with E-state index in [0.29, 0.717) is 0 Å². The molecule has 0 atom stereocenters. The molecule has 0 aromatic heterocycles. The van der Waals surface area contributed by atoms with Crippen LogP contribution < -0.4 is 0 Å². The molecule has 1 aromatic carbocycles. The van der Waals surface area contributed by atoms with Crippen LogP contribution in [0, 0.1) is 0 Å². The SMILES string of the molecule is CO/C=C\c1ccccc1O. The van der Waals surface area contributed by atoms with Crippen molar-refractivity contribution in [1.82, 2.24) is 0 Å². The average Bonchev–Trinajstić information content (AvgIpc) is 2.03. The first-order valence-electron chi connectivity index (χ1n) is 3.32. The first-order valence-corrected chi connectivity index (χ1v) is 3.32. The molecule has 58 valence electrons. The monoisotopic (exact) mass is 150 g/mol. The van der Waals surface area contributed by atoms with E-state index in [1.165, 1.54) is 6.26 Å². The Morgan fingerprint density at radius 1 is 1.36 bits per heavy atom. The van der Waals surface area contributed by atoms with Gasteiger partial charge < -0.3 is 9.84 Å². The van der Waals surface area contributed by atoms with Crippen molar-refractivity contribution in [3.8, 4) is 5.75 Å². The lowest BCUT2D eigenvalue weighted by Crippen LogP contribution is -1.73. The van der Waals surface area contributed by atoms with Crippen LogP contribution in [0.2, 0.25) is 0 Å². The first kappa shape index (κ1) is 7.66. The molecule has 1 N–H and O–H groups in total. The molecule has 2 heteroatoms. The minimum Gasteiger partial charge on any atom is -0.507 e. The number of para-hydroxylation sites is 1. The van der Waals surface area contributed by atoms with Crippen LogP contribution in [0.25, 0.3) is 6.08 Å². The largest absolute Gasteiger partial charge is 0.507 e. The minimum absolute atomic E-state index is 0.265. The van der Waals surface area contributed by atoms with E-state index < -0.39 is 0 Å². The second-order valence-electron chi connectivity index (χ2n) is 2.10. The third kappa shape index (κ3) is 2.00. The number of hydrogen-bond acceptors (Lipinski definition) is 2. The molecule has 0 aliphatic rings. The number of benzene rings is 1. The lowest BCUT2D eigenvalue weighted by atomic mass is 10.2. The average molecular weight is 150 g/mol. The first-order chi connectivity index (χ1) is 5.34. The summed E-state index contributed by atoms with van der Waals surface area (Å²) in [6.45, 7) is 0. The van der Waals surface area contributed by atoms with Gasteiger partial charge in [0, 0.05) is 5.56 Å². The summed E-state index contributed by atoms with van der Waals surface area (Å²) in [5, 5.41) is 9.23. The van der Waals surface area contributed by atoms with Crippen molar-refractivity contribution in [3.63, 3.8) is 0 Å². The molecule has 0 aliphatic heterocycles. The molecule has 11 heavy (non-hydrogen) atoms. The Kier molecular flexibility index (Phi) is 2.55. The lowest BCUT2D eigenvalue weighted by molar-refractivity contribution is 0.341. The van der Waals surface area contributed by atoms with Crippen molar-refractivity contribution in [2.24, 2.45) is 0 Å². The molecule has 2 nitrogen and oxygen atoms in total. The van der Waals surface area contributed by atoms with Gasteiger partial charge in [0.2, 0.25) is 0 Å². The van der Waals surface area contributed by atoms with Gasteiger partial charge in [0.25, 0.3) is 0 Å². The molecule has 0 saturated heterocycles. The number of phenols is 1. The van der Waals surface area contributed by atoms with Crippen molar-refractivity contribution in [1.29, 1.82) is 0 Å². The van der Waals surface area contributed by atoms with Crippen LogP contribution in [0.3, 0.4) is 0 Å². The highest BCUT2D eigenvalue weighted by molar-refractivity contribution is 5.55. The van der Waals surface area contributed by atoms with Crippen LogP contribution in [0.5, 0.6) is 5.75 Å². The van der Waals surface area contributed by atoms with E-state index in [1.54, 1.807) is 25.3 Å². The molecule has 0 saturated carbocycles. The van der Waals surface area contributed by atoms with Gasteiger partial charge >= 0.3 is 0 Å². The maximum Gasteiger partial charge on any atom is 0.122 e. The second-order valence-corrected chi connectivity index (χ2v) is 2.10. The minimum atomic E-state index is 0.265. The molecule has 0 bridgehead atoms. The third-order valence-corrected chi connectivity index (χ3v) is 1.32. The topological polar surface area (TPSA) is 29.5 Å². The van der Waals surface area contributed by atoms with Crippen molar-refractivity contribution in [3.05, 3.63) is 36.1 Å². The smallest absolute Gasteiger partial charge is 0.122 e. The maximum absolute atomic E-state index is 9.23. The normalized spacial score (nSPS) is 10.3. The van der Waals surface area contributed by atoms with E-state index in [2.05, 4.69) is 0 Å². The predicted molar refractivity (Wildman–Crippen MR) is 44.1 cm³/mol. The van der Waals surface area contributed by atoms with Gasteiger partial charge in [-0.15, -0.1) is 0 Å². The number of aromatic hydroxyl groups is 1. The summed E-state index contributed by atoms with van der Waals surface area (Å²) in [6, 6.07) is 7.08. The lowest BCUT2D eigenvalue weighted by Gasteiger charge is -1.95. The van der Waals surface area contributed by atoms with Crippen LogP contribution in [0.15, 0.2) is 30.5 Å². The van der Waals surface area contributed by atoms with Gasteiger partial charge in [-0.1, -0.05) is 18.2 Å². The highest BCUT2D eigenvalue weighted by Gasteiger charge is 1.91. The van der Waals surface area contributed by atoms with Crippen LogP contribution >= 0.6 is 0 Å². The van der Waals surface area contributed by atoms with E-state index in [1.807, 2.05) is 12.1 Å². The third-order valence-electron chi connectivity index (χ3n) is 1.32. The molecule has 0 unspecified atom stereocenters. The second kappa shape index (κ2) is 3.66. The Morgan fingerprint density at radius 3 is 2.73 bits per heavy atom. The zero-order chi connectivity index (χ0) is 8.10. The van der Waals surface area contributed by atoms with Crippen LogP contribution in [0.1, 0.15) is 5.56 Å². The zero-order valence-corrected chi connectivity index (χ0v) is 6.32. The van der Waals surface area contributed by atoms with Gasteiger partial charge in [0.1, 0.15) is 5.75 Å². The van der Waals surface area contributed by atoms with E-state index in [0.717, 1.165) is 5.56 Å². The molecule has 0 radical (unpaired) electrons. The number of phenolic OH excluding ortho intramolecular Hbond substituents is 1. The Hall–Kier alpha value is -1.44. The Morgan fingerprint density at radius 2 is 2.09 bits per heavy atom. The number of hydrogen-bond donors (Lipinski definition) is 1. The summed E-state index contributed by atoms with van der Waals surface area (Å²) in [4.78, 5) is 0. The van der Waals surface area contributed by atoms with Gasteiger partial charge in [0.15, 0.2) is 0 Å². The fraction of sp³-hybridized carbons (Fsp3) is 0.111. The van der Waals surface area contributed by atoms with Gasteiger partial charge in [-0.05, 0) is 12.1 Å². The van der Waals surface area contributed by atoms with E-state index >= 15 is 0 Å². The summed E-state index contributed by atoms with van der Waals surface area (Å²) in [7, 11) is 1.57. The Balaban J connectivity index is 2.86. The van der Waals surface area contributed by atoms with Crippen molar-refractivity contribution >= 4 is 6.08 Å². The molecule has 0 amide bonds. The Labute approximate surface area is 65.7 Å². The van der Waals surface area contributed by atoms with E-state index in [4.69, 9.17) is 4.74 Å². The fourth-order valence-electron chi connectivity index (χ4n) is 0.770. The fourth-order valence-corrected chi connectivity index (χ4v) is 0.770. The van der Waals surface area contributed by atoms with Crippen molar-refractivity contribution in [2.75, 3.05) is 7.11 Å². The summed E-state index contributed by atoms with van der Waals surface area (Å²) < 4.78 is 4.71. The van der Waals surface area contributed by atoms with Crippen molar-refractivity contribution < 1.29 is 9.84 Å². The molecule has 0 heterocycles. The molecule has 1 aromatic rings. The molecular formula is C9H10O2. The summed E-state index contributed by atoms with van der Waals surface area (Å²) >= 11 is 0. The zero-order valence-electron chi connectivity index (χ0n) is 6.32. The van der Waals surface area contributed by atoms with E-state index in [-0.39, 0.29) is 5.75 Å². The van der Waals surface area contributed by atoms with E-state index in [9.17, 15) is 5.11 Å². The van der Waals surface area contributed by atoms with Crippen molar-refractivity contribution in [2.45, 2.75) is 0 Å².